The number of nitrogens with one attached hydrogen (secondary N) is 1. The molecule has 0 heterocycles. The fraction of sp³-hybridized carbons (Fsp3) is 0.333. The first-order valence-corrected chi connectivity index (χ1v) is 9.28. The molecule has 0 aliphatic heterocycles. The van der Waals surface area contributed by atoms with Crippen molar-refractivity contribution in [1.29, 1.82) is 0 Å². The predicted molar refractivity (Wildman–Crippen MR) is 103 cm³/mol. The van der Waals surface area contributed by atoms with Crippen LogP contribution >= 0.6 is 0 Å². The second-order valence-corrected chi connectivity index (χ2v) is 6.57. The van der Waals surface area contributed by atoms with Crippen LogP contribution in [-0.4, -0.2) is 25.0 Å². The lowest BCUT2D eigenvalue weighted by Gasteiger charge is -2.15. The van der Waals surface area contributed by atoms with E-state index in [0.717, 1.165) is 12.5 Å². The third-order valence-corrected chi connectivity index (χ3v) is 4.19. The minimum atomic E-state index is -3.30. The highest BCUT2D eigenvalue weighted by atomic mass is 19.3. The molecule has 1 amide bonds. The minimum absolute atomic E-state index is 0.0872. The Morgan fingerprint density at radius 1 is 1.13 bits per heavy atom. The van der Waals surface area contributed by atoms with Gasteiger partial charge in [0.2, 0.25) is 5.91 Å². The molecule has 0 aromatic heterocycles. The summed E-state index contributed by atoms with van der Waals surface area (Å²) in [4.78, 5) is 17.6. The van der Waals surface area contributed by atoms with Gasteiger partial charge < -0.3 is 14.9 Å². The maximum absolute atomic E-state index is 14.5. The molecule has 0 radical (unpaired) electrons. The number of ether oxygens (including phenoxy) is 1. The van der Waals surface area contributed by atoms with Crippen molar-refractivity contribution in [2.45, 2.75) is 33.3 Å². The van der Waals surface area contributed by atoms with Gasteiger partial charge in [-0.2, -0.15) is 8.78 Å². The number of carbonyl (C=O) groups is 1. The molecule has 2 aromatic carbocycles. The van der Waals surface area contributed by atoms with Crippen molar-refractivity contribution in [3.63, 3.8) is 0 Å². The van der Waals surface area contributed by atoms with Crippen LogP contribution in [0.2, 0.25) is 0 Å². The topological polar surface area (TPSA) is 59.9 Å². The van der Waals surface area contributed by atoms with Crippen LogP contribution in [0.3, 0.4) is 0 Å². The summed E-state index contributed by atoms with van der Waals surface area (Å²) in [5.41, 5.74) is -0.112. The van der Waals surface area contributed by atoms with Gasteiger partial charge in [-0.25, -0.2) is 8.78 Å². The summed E-state index contributed by atoms with van der Waals surface area (Å²) in [6, 6.07) is 10.1. The molecule has 1 atom stereocenters. The van der Waals surface area contributed by atoms with E-state index in [0.29, 0.717) is 11.6 Å². The van der Waals surface area contributed by atoms with E-state index < -0.39 is 41.3 Å². The van der Waals surface area contributed by atoms with Gasteiger partial charge >= 0.3 is 6.61 Å². The van der Waals surface area contributed by atoms with Gasteiger partial charge in [-0.1, -0.05) is 55.8 Å². The summed E-state index contributed by atoms with van der Waals surface area (Å²) in [6.07, 6.45) is 0.659. The Morgan fingerprint density at radius 2 is 1.83 bits per heavy atom. The Bertz CT molecular complexity index is 876. The third kappa shape index (κ3) is 6.75. The summed E-state index contributed by atoms with van der Waals surface area (Å²) in [5, 5.41) is 6.00. The Kier molecular flexibility index (Phi) is 8.64. The van der Waals surface area contributed by atoms with Crippen molar-refractivity contribution >= 4 is 11.7 Å². The third-order valence-electron chi connectivity index (χ3n) is 4.19. The molecular weight excluding hydrogens is 404 g/mol. The van der Waals surface area contributed by atoms with Crippen molar-refractivity contribution < 1.29 is 31.9 Å². The lowest BCUT2D eigenvalue weighted by molar-refractivity contribution is -0.119. The van der Waals surface area contributed by atoms with E-state index >= 15 is 0 Å². The molecule has 0 fully saturated rings. The zero-order valence-corrected chi connectivity index (χ0v) is 16.5. The normalized spacial score (nSPS) is 12.6. The molecule has 1 unspecified atom stereocenters. The maximum atomic E-state index is 14.5. The highest BCUT2D eigenvalue weighted by Gasteiger charge is 2.24. The van der Waals surface area contributed by atoms with Crippen molar-refractivity contribution in [1.82, 2.24) is 5.32 Å². The van der Waals surface area contributed by atoms with Gasteiger partial charge in [0.25, 0.3) is 0 Å². The van der Waals surface area contributed by atoms with E-state index in [2.05, 4.69) is 15.2 Å². The van der Waals surface area contributed by atoms with Gasteiger partial charge in [0.05, 0.1) is 6.42 Å². The highest BCUT2D eigenvalue weighted by Crippen LogP contribution is 2.26. The molecule has 5 nitrogen and oxygen atoms in total. The average Bonchev–Trinajstić information content (AvgIpc) is 2.70. The number of carbonyl (C=O) groups excluding carboxylic acids is 1. The molecule has 30 heavy (non-hydrogen) atoms. The summed E-state index contributed by atoms with van der Waals surface area (Å²) >= 11 is 0. The molecule has 2 rings (SSSR count). The molecule has 2 aromatic rings. The molecule has 0 saturated heterocycles. The van der Waals surface area contributed by atoms with Crippen LogP contribution in [0.1, 0.15) is 31.4 Å². The van der Waals surface area contributed by atoms with Gasteiger partial charge in [0, 0.05) is 0 Å². The van der Waals surface area contributed by atoms with Crippen molar-refractivity contribution in [3.8, 4) is 5.75 Å². The summed E-state index contributed by atoms with van der Waals surface area (Å²) in [5.74, 6) is -4.61. The van der Waals surface area contributed by atoms with Crippen LogP contribution in [-0.2, 0) is 16.1 Å². The van der Waals surface area contributed by atoms with Gasteiger partial charge in [-0.3, -0.25) is 4.79 Å². The molecular formula is C21H22F4N2O3. The standard InChI is InChI=1S/C21H22F4N2O3/c1-3-13(2)12-29-27-20(26-17(28)11-14-7-5-4-6-8-14)18-16(30-21(24)25)10-9-15(22)19(18)23/h4-10,13,21H,3,11-12H2,1-2H3,(H,26,27,28). The number of rotatable bonds is 9. The second-order valence-electron chi connectivity index (χ2n) is 6.57. The number of hydrogen-bond acceptors (Lipinski definition) is 4. The smallest absolute Gasteiger partial charge is 0.387 e. The van der Waals surface area contributed by atoms with Crippen LogP contribution < -0.4 is 10.1 Å². The molecule has 0 aliphatic carbocycles. The lowest BCUT2D eigenvalue weighted by atomic mass is 10.1. The van der Waals surface area contributed by atoms with Crippen LogP contribution in [0.25, 0.3) is 0 Å². The molecule has 162 valence electrons. The Morgan fingerprint density at radius 3 is 2.47 bits per heavy atom. The van der Waals surface area contributed by atoms with E-state index in [1.54, 1.807) is 30.3 Å². The fourth-order valence-electron chi connectivity index (χ4n) is 2.38. The van der Waals surface area contributed by atoms with E-state index in [4.69, 9.17) is 4.84 Å². The number of amidine groups is 1. The summed E-state index contributed by atoms with van der Waals surface area (Å²) < 4.78 is 58.1. The molecule has 9 heteroatoms. The first-order valence-electron chi connectivity index (χ1n) is 9.28. The number of benzene rings is 2. The van der Waals surface area contributed by atoms with Crippen LogP contribution in [0.4, 0.5) is 17.6 Å². The predicted octanol–water partition coefficient (Wildman–Crippen LogP) is 4.65. The monoisotopic (exact) mass is 426 g/mol. The average molecular weight is 426 g/mol. The number of oxime groups is 1. The summed E-state index contributed by atoms with van der Waals surface area (Å²) in [6.45, 7) is 0.616. The van der Waals surface area contributed by atoms with E-state index in [1.165, 1.54) is 0 Å². The van der Waals surface area contributed by atoms with Crippen LogP contribution in [0, 0.1) is 17.6 Å². The number of halogens is 4. The lowest BCUT2D eigenvalue weighted by Crippen LogP contribution is -2.34. The quantitative estimate of drug-likeness (QED) is 0.275. The maximum Gasteiger partial charge on any atom is 0.387 e. The van der Waals surface area contributed by atoms with E-state index in [9.17, 15) is 22.4 Å². The molecule has 1 N–H and O–H groups in total. The highest BCUT2D eigenvalue weighted by molar-refractivity contribution is 6.09. The largest absolute Gasteiger partial charge is 0.434 e. The van der Waals surface area contributed by atoms with E-state index in [1.807, 2.05) is 13.8 Å². The van der Waals surface area contributed by atoms with Crippen LogP contribution in [0.5, 0.6) is 5.75 Å². The Hall–Kier alpha value is -3.10. The van der Waals surface area contributed by atoms with Crippen molar-refractivity contribution in [2.75, 3.05) is 6.61 Å². The van der Waals surface area contributed by atoms with E-state index in [-0.39, 0.29) is 18.9 Å². The molecule has 0 bridgehead atoms. The minimum Gasteiger partial charge on any atom is -0.434 e. The molecule has 0 spiro atoms. The molecule has 0 aliphatic rings. The zero-order chi connectivity index (χ0) is 22.1. The van der Waals surface area contributed by atoms with Gasteiger partial charge in [-0.05, 0) is 23.6 Å². The molecule has 0 saturated carbocycles. The second kappa shape index (κ2) is 11.2. The van der Waals surface area contributed by atoms with Crippen LogP contribution in [0.15, 0.2) is 47.6 Å². The zero-order valence-electron chi connectivity index (χ0n) is 16.5. The number of nitrogens with zero attached hydrogens (tertiary/aromatic N) is 1. The van der Waals surface area contributed by atoms with Gasteiger partial charge in [0.1, 0.15) is 17.9 Å². The number of hydrogen-bond donors (Lipinski definition) is 1. The van der Waals surface area contributed by atoms with Gasteiger partial charge in [-0.15, -0.1) is 0 Å². The SMILES string of the molecule is CCC(C)CO/N=C(\NC(=O)Cc1ccccc1)c1c(OC(F)F)ccc(F)c1F. The fourth-order valence-corrected chi connectivity index (χ4v) is 2.38. The first-order chi connectivity index (χ1) is 14.3. The Balaban J connectivity index is 2.37. The van der Waals surface area contributed by atoms with Crippen molar-refractivity contribution in [2.24, 2.45) is 11.1 Å². The van der Waals surface area contributed by atoms with Gasteiger partial charge in [0.15, 0.2) is 17.5 Å². The Labute approximate surface area is 171 Å². The first kappa shape index (κ1) is 23.2. The number of amides is 1. The number of alkyl halides is 2. The van der Waals surface area contributed by atoms with Crippen molar-refractivity contribution in [3.05, 3.63) is 65.2 Å². The summed E-state index contributed by atoms with van der Waals surface area (Å²) in [7, 11) is 0.